The third kappa shape index (κ3) is 2.97. The fourth-order valence-corrected chi connectivity index (χ4v) is 1.67. The van der Waals surface area contributed by atoms with Gasteiger partial charge in [0.05, 0.1) is 5.92 Å². The molecule has 1 fully saturated rings. The number of hydrogen-bond acceptors (Lipinski definition) is 3. The van der Waals surface area contributed by atoms with E-state index in [2.05, 4.69) is 10.2 Å². The zero-order valence-electron chi connectivity index (χ0n) is 8.29. The Kier molecular flexibility index (Phi) is 3.69. The first-order chi connectivity index (χ1) is 6.11. The van der Waals surface area contributed by atoms with Crippen LogP contribution < -0.4 is 5.32 Å². The minimum Gasteiger partial charge on any atom is -0.481 e. The molecule has 2 atom stereocenters. The summed E-state index contributed by atoms with van der Waals surface area (Å²) in [7, 11) is 2.00. The quantitative estimate of drug-likeness (QED) is 0.649. The molecule has 0 aromatic carbocycles. The molecule has 76 valence electrons. The molecule has 0 aromatic rings. The summed E-state index contributed by atoms with van der Waals surface area (Å²) >= 11 is 0. The largest absolute Gasteiger partial charge is 0.481 e. The van der Waals surface area contributed by atoms with E-state index in [-0.39, 0.29) is 5.92 Å². The number of carbonyl (C=O) groups is 1. The van der Waals surface area contributed by atoms with Crippen molar-refractivity contribution in [2.45, 2.75) is 19.4 Å². The van der Waals surface area contributed by atoms with E-state index in [9.17, 15) is 4.79 Å². The van der Waals surface area contributed by atoms with Crippen molar-refractivity contribution in [2.75, 3.05) is 26.7 Å². The van der Waals surface area contributed by atoms with Gasteiger partial charge in [0.25, 0.3) is 0 Å². The van der Waals surface area contributed by atoms with Crippen LogP contribution in [0.4, 0.5) is 0 Å². The Labute approximate surface area is 78.9 Å². The molecular formula is C9H18N2O2. The highest BCUT2D eigenvalue weighted by atomic mass is 16.4. The van der Waals surface area contributed by atoms with Gasteiger partial charge in [-0.15, -0.1) is 0 Å². The van der Waals surface area contributed by atoms with Crippen molar-refractivity contribution in [1.82, 2.24) is 10.2 Å². The summed E-state index contributed by atoms with van der Waals surface area (Å²) in [5.74, 6) is -0.983. The van der Waals surface area contributed by atoms with Crippen molar-refractivity contribution in [3.05, 3.63) is 0 Å². The van der Waals surface area contributed by atoms with Crippen molar-refractivity contribution in [2.24, 2.45) is 5.92 Å². The number of nitrogens with zero attached hydrogens (tertiary/aromatic N) is 1. The highest BCUT2D eigenvalue weighted by molar-refractivity contribution is 5.69. The van der Waals surface area contributed by atoms with Gasteiger partial charge < -0.3 is 15.3 Å². The lowest BCUT2D eigenvalue weighted by molar-refractivity contribution is -0.141. The molecule has 1 rings (SSSR count). The molecule has 0 aliphatic carbocycles. The van der Waals surface area contributed by atoms with Crippen LogP contribution in [-0.2, 0) is 4.79 Å². The smallest absolute Gasteiger partial charge is 0.307 e. The molecule has 4 heteroatoms. The summed E-state index contributed by atoms with van der Waals surface area (Å²) in [4.78, 5) is 12.7. The number of carboxylic acid groups (broad SMARTS) is 1. The molecule has 1 heterocycles. The predicted molar refractivity (Wildman–Crippen MR) is 50.7 cm³/mol. The molecule has 2 N–H and O–H groups in total. The Morgan fingerprint density at radius 1 is 1.77 bits per heavy atom. The molecule has 1 aliphatic heterocycles. The summed E-state index contributed by atoms with van der Waals surface area (Å²) in [5, 5.41) is 12.0. The SMILES string of the molecule is CC(CN(C)C1CCNC1)C(=O)O. The van der Waals surface area contributed by atoms with Crippen molar-refractivity contribution in [3.63, 3.8) is 0 Å². The van der Waals surface area contributed by atoms with Crippen molar-refractivity contribution in [3.8, 4) is 0 Å². The third-order valence-corrected chi connectivity index (χ3v) is 2.64. The Morgan fingerprint density at radius 2 is 2.46 bits per heavy atom. The highest BCUT2D eigenvalue weighted by Crippen LogP contribution is 2.08. The monoisotopic (exact) mass is 186 g/mol. The zero-order chi connectivity index (χ0) is 9.84. The molecule has 0 spiro atoms. The summed E-state index contributed by atoms with van der Waals surface area (Å²) < 4.78 is 0. The average Bonchev–Trinajstić information content (AvgIpc) is 2.55. The molecular weight excluding hydrogens is 168 g/mol. The maximum absolute atomic E-state index is 10.6. The predicted octanol–water partition coefficient (Wildman–Crippen LogP) is 0.000800. The zero-order valence-corrected chi connectivity index (χ0v) is 8.29. The Hall–Kier alpha value is -0.610. The van der Waals surface area contributed by atoms with E-state index in [1.807, 2.05) is 7.05 Å². The van der Waals surface area contributed by atoms with Gasteiger partial charge in [0.2, 0.25) is 0 Å². The fourth-order valence-electron chi connectivity index (χ4n) is 1.67. The Bertz CT molecular complexity index is 178. The molecule has 4 nitrogen and oxygen atoms in total. The topological polar surface area (TPSA) is 52.6 Å². The number of aliphatic carboxylic acids is 1. The normalized spacial score (nSPS) is 25.0. The van der Waals surface area contributed by atoms with E-state index in [1.165, 1.54) is 0 Å². The van der Waals surface area contributed by atoms with Crippen molar-refractivity contribution < 1.29 is 9.90 Å². The first-order valence-corrected chi connectivity index (χ1v) is 4.75. The van der Waals surface area contributed by atoms with Crippen LogP contribution in [0.3, 0.4) is 0 Å². The summed E-state index contributed by atoms with van der Waals surface area (Å²) in [6.07, 6.45) is 1.13. The Balaban J connectivity index is 2.30. The van der Waals surface area contributed by atoms with Gasteiger partial charge in [-0.25, -0.2) is 0 Å². The first-order valence-electron chi connectivity index (χ1n) is 4.75. The van der Waals surface area contributed by atoms with Crippen LogP contribution in [0.5, 0.6) is 0 Å². The lowest BCUT2D eigenvalue weighted by Crippen LogP contribution is -2.38. The van der Waals surface area contributed by atoms with Crippen molar-refractivity contribution >= 4 is 5.97 Å². The van der Waals surface area contributed by atoms with E-state index in [4.69, 9.17) is 5.11 Å². The van der Waals surface area contributed by atoms with Crippen LogP contribution in [0.2, 0.25) is 0 Å². The third-order valence-electron chi connectivity index (χ3n) is 2.64. The standard InChI is InChI=1S/C9H18N2O2/c1-7(9(12)13)6-11(2)8-3-4-10-5-8/h7-8,10H,3-6H2,1-2H3,(H,12,13). The molecule has 1 saturated heterocycles. The minimum absolute atomic E-state index is 0.273. The van der Waals surface area contributed by atoms with Crippen LogP contribution in [0, 0.1) is 5.92 Å². The van der Waals surface area contributed by atoms with Crippen LogP contribution in [0.15, 0.2) is 0 Å². The first kappa shape index (κ1) is 10.5. The molecule has 2 unspecified atom stereocenters. The fraction of sp³-hybridized carbons (Fsp3) is 0.889. The van der Waals surface area contributed by atoms with Gasteiger partial charge in [0, 0.05) is 19.1 Å². The van der Waals surface area contributed by atoms with Gasteiger partial charge in [-0.3, -0.25) is 4.79 Å². The van der Waals surface area contributed by atoms with Gasteiger partial charge in [-0.05, 0) is 20.0 Å². The number of hydrogen-bond donors (Lipinski definition) is 2. The number of nitrogens with one attached hydrogen (secondary N) is 1. The van der Waals surface area contributed by atoms with Crippen LogP contribution >= 0.6 is 0 Å². The lowest BCUT2D eigenvalue weighted by Gasteiger charge is -2.24. The lowest BCUT2D eigenvalue weighted by atomic mass is 10.1. The molecule has 0 saturated carbocycles. The van der Waals surface area contributed by atoms with Gasteiger partial charge in [0.15, 0.2) is 0 Å². The summed E-state index contributed by atoms with van der Waals surface area (Å²) in [6, 6.07) is 0.516. The second-order valence-electron chi connectivity index (χ2n) is 3.83. The maximum Gasteiger partial charge on any atom is 0.307 e. The minimum atomic E-state index is -0.710. The molecule has 0 bridgehead atoms. The molecule has 0 amide bonds. The average molecular weight is 186 g/mol. The number of rotatable bonds is 4. The molecule has 0 radical (unpaired) electrons. The summed E-state index contributed by atoms with van der Waals surface area (Å²) in [5.41, 5.74) is 0. The second-order valence-corrected chi connectivity index (χ2v) is 3.83. The van der Waals surface area contributed by atoms with Gasteiger partial charge in [-0.1, -0.05) is 6.92 Å². The van der Waals surface area contributed by atoms with Crippen LogP contribution in [-0.4, -0.2) is 48.7 Å². The second kappa shape index (κ2) is 4.58. The Morgan fingerprint density at radius 3 is 2.92 bits per heavy atom. The van der Waals surface area contributed by atoms with Gasteiger partial charge in [-0.2, -0.15) is 0 Å². The van der Waals surface area contributed by atoms with Gasteiger partial charge >= 0.3 is 5.97 Å². The molecule has 0 aromatic heterocycles. The maximum atomic E-state index is 10.6. The van der Waals surface area contributed by atoms with Crippen LogP contribution in [0.1, 0.15) is 13.3 Å². The van der Waals surface area contributed by atoms with Crippen molar-refractivity contribution in [1.29, 1.82) is 0 Å². The van der Waals surface area contributed by atoms with E-state index < -0.39 is 5.97 Å². The molecule has 1 aliphatic rings. The van der Waals surface area contributed by atoms with E-state index in [0.717, 1.165) is 19.5 Å². The van der Waals surface area contributed by atoms with Crippen LogP contribution in [0.25, 0.3) is 0 Å². The van der Waals surface area contributed by atoms with E-state index >= 15 is 0 Å². The molecule has 13 heavy (non-hydrogen) atoms. The summed E-state index contributed by atoms with van der Waals surface area (Å²) in [6.45, 7) is 4.43. The number of carboxylic acids is 1. The van der Waals surface area contributed by atoms with E-state index in [1.54, 1.807) is 6.92 Å². The number of likely N-dealkylation sites (N-methyl/N-ethyl adjacent to an activating group) is 1. The van der Waals surface area contributed by atoms with Gasteiger partial charge in [0.1, 0.15) is 0 Å². The highest BCUT2D eigenvalue weighted by Gasteiger charge is 2.22. The van der Waals surface area contributed by atoms with E-state index in [0.29, 0.717) is 12.6 Å².